The van der Waals surface area contributed by atoms with E-state index in [1.54, 1.807) is 0 Å². The summed E-state index contributed by atoms with van der Waals surface area (Å²) in [6.45, 7) is 18.0. The summed E-state index contributed by atoms with van der Waals surface area (Å²) in [4.78, 5) is 20.8. The van der Waals surface area contributed by atoms with Crippen LogP contribution in [0.15, 0.2) is 36.6 Å². The molecule has 0 radical (unpaired) electrons. The number of carbonyl (C=O) groups is 2. The molecule has 0 aliphatic rings. The van der Waals surface area contributed by atoms with Gasteiger partial charge in [0.05, 0.1) is 0 Å². The molecule has 0 amide bonds. The van der Waals surface area contributed by atoms with E-state index in [1.807, 2.05) is 21.0 Å². The molecule has 3 unspecified atom stereocenters. The fraction of sp³-hybridized carbons (Fsp3) is 0.742. The van der Waals surface area contributed by atoms with Crippen molar-refractivity contribution in [2.24, 2.45) is 0 Å². The van der Waals surface area contributed by atoms with Gasteiger partial charge in [0.15, 0.2) is 0 Å². The van der Waals surface area contributed by atoms with Crippen LogP contribution in [-0.4, -0.2) is 44.8 Å². The summed E-state index contributed by atoms with van der Waals surface area (Å²) < 4.78 is 0. The second-order valence-corrected chi connectivity index (χ2v) is 7.30. The topological polar surface area (TPSA) is 70.2 Å². The molecular formula is C31H75N3O2. The van der Waals surface area contributed by atoms with Crippen molar-refractivity contribution in [3.8, 4) is 0 Å². The van der Waals surface area contributed by atoms with Crippen LogP contribution in [-0.2, 0) is 9.59 Å². The van der Waals surface area contributed by atoms with Gasteiger partial charge in [-0.3, -0.25) is 0 Å². The molecule has 36 heavy (non-hydrogen) atoms. The number of aldehydes is 2. The molecule has 0 aliphatic heterocycles. The van der Waals surface area contributed by atoms with Crippen LogP contribution in [0.1, 0.15) is 125 Å². The highest BCUT2D eigenvalue weighted by Crippen LogP contribution is 2.10. The first kappa shape index (κ1) is 64.4. The summed E-state index contributed by atoms with van der Waals surface area (Å²) in [5, 5.41) is 9.64. The standard InChI is InChI=1S/C14H26N2O.C9H17NO.8CH4/c1-6-13(15-5)10-12(4)16-14(7-8-17)9-11(2)3;1-4-8(2)7-9(10-3)5-6-11;;;;;;;;/h8,13-16H,2,4,6-7,9-10H2,1,3,5H3;6,9-10H,2,4-5,7H2,1,3H3;8*1H4. The van der Waals surface area contributed by atoms with E-state index < -0.39 is 0 Å². The number of rotatable bonds is 16. The molecule has 5 heteroatoms. The van der Waals surface area contributed by atoms with Crippen LogP contribution in [0.4, 0.5) is 0 Å². The Morgan fingerprint density at radius 2 is 1.11 bits per heavy atom. The van der Waals surface area contributed by atoms with E-state index in [2.05, 4.69) is 49.5 Å². The molecule has 0 fully saturated rings. The van der Waals surface area contributed by atoms with Gasteiger partial charge < -0.3 is 25.5 Å². The number of hydrogen-bond acceptors (Lipinski definition) is 5. The van der Waals surface area contributed by atoms with E-state index in [0.717, 1.165) is 55.9 Å². The zero-order valence-corrected chi connectivity index (χ0v) is 18.8. The van der Waals surface area contributed by atoms with Gasteiger partial charge in [0.25, 0.3) is 0 Å². The van der Waals surface area contributed by atoms with Crippen molar-refractivity contribution in [2.75, 3.05) is 14.1 Å². The predicted molar refractivity (Wildman–Crippen MR) is 175 cm³/mol. The largest absolute Gasteiger partial charge is 0.385 e. The quantitative estimate of drug-likeness (QED) is 0.140. The van der Waals surface area contributed by atoms with Crippen molar-refractivity contribution in [1.29, 1.82) is 0 Å². The second-order valence-electron chi connectivity index (χ2n) is 7.30. The minimum Gasteiger partial charge on any atom is -0.385 e. The molecule has 0 heterocycles. The van der Waals surface area contributed by atoms with Gasteiger partial charge in [-0.15, -0.1) is 6.58 Å². The first-order valence-electron chi connectivity index (χ1n) is 10.2. The molecular weight excluding hydrogens is 446 g/mol. The molecule has 0 rings (SSSR count). The molecule has 0 saturated heterocycles. The number of nitrogens with one attached hydrogen (secondary N) is 3. The molecule has 0 saturated carbocycles. The third-order valence-electron chi connectivity index (χ3n) is 4.60. The molecule has 0 aromatic carbocycles. The summed E-state index contributed by atoms with van der Waals surface area (Å²) in [5.74, 6) is 0. The summed E-state index contributed by atoms with van der Waals surface area (Å²) in [7, 11) is 3.83. The average Bonchev–Trinajstić information content (AvgIpc) is 2.65. The summed E-state index contributed by atoms with van der Waals surface area (Å²) in [5.41, 5.74) is 3.27. The predicted octanol–water partition coefficient (Wildman–Crippen LogP) is 9.01. The Labute approximate surface area is 232 Å². The highest BCUT2D eigenvalue weighted by molar-refractivity contribution is 5.51. The molecule has 5 nitrogen and oxygen atoms in total. The molecule has 3 atom stereocenters. The Morgan fingerprint density at radius 1 is 0.694 bits per heavy atom. The molecule has 0 aromatic rings. The minimum absolute atomic E-state index is 0. The Balaban J connectivity index is -0.0000000404. The van der Waals surface area contributed by atoms with Crippen molar-refractivity contribution >= 4 is 12.6 Å². The van der Waals surface area contributed by atoms with Crippen molar-refractivity contribution < 1.29 is 9.59 Å². The van der Waals surface area contributed by atoms with Gasteiger partial charge in [-0.1, -0.05) is 97.6 Å². The molecule has 226 valence electrons. The number of carbonyl (C=O) groups excluding carboxylic acids is 2. The maximum absolute atomic E-state index is 10.6. The van der Waals surface area contributed by atoms with Crippen LogP contribution in [0, 0.1) is 0 Å². The van der Waals surface area contributed by atoms with Crippen LogP contribution in [0.2, 0.25) is 0 Å². The third-order valence-corrected chi connectivity index (χ3v) is 4.60. The van der Waals surface area contributed by atoms with E-state index in [0.29, 0.717) is 18.9 Å². The SMILES string of the molecule is C.C.C.C.C.C.C.C.C=C(C)CC(CC=O)NC(=C)CC(CC)NC.C=C(CC)CC(CC=O)NC. The summed E-state index contributed by atoms with van der Waals surface area (Å²) in [6, 6.07) is 0.850. The van der Waals surface area contributed by atoms with Gasteiger partial charge >= 0.3 is 0 Å². The van der Waals surface area contributed by atoms with Crippen molar-refractivity contribution in [2.45, 2.75) is 143 Å². The molecule has 0 aromatic heterocycles. The van der Waals surface area contributed by atoms with E-state index in [9.17, 15) is 9.59 Å². The van der Waals surface area contributed by atoms with Gasteiger partial charge in [0, 0.05) is 43.1 Å². The second kappa shape index (κ2) is 43.4. The lowest BCUT2D eigenvalue weighted by atomic mass is 10.0. The van der Waals surface area contributed by atoms with Crippen LogP contribution < -0.4 is 16.0 Å². The van der Waals surface area contributed by atoms with Crippen LogP contribution in [0.5, 0.6) is 0 Å². The monoisotopic (exact) mass is 522 g/mol. The first-order chi connectivity index (χ1) is 13.3. The van der Waals surface area contributed by atoms with E-state index in [-0.39, 0.29) is 71.5 Å². The highest BCUT2D eigenvalue weighted by atomic mass is 16.1. The van der Waals surface area contributed by atoms with Crippen molar-refractivity contribution in [3.05, 3.63) is 36.6 Å². The third kappa shape index (κ3) is 39.5. The minimum atomic E-state index is 0. The maximum atomic E-state index is 10.6. The lowest BCUT2D eigenvalue weighted by molar-refractivity contribution is -0.109. The van der Waals surface area contributed by atoms with Gasteiger partial charge in [0.2, 0.25) is 0 Å². The summed E-state index contributed by atoms with van der Waals surface area (Å²) >= 11 is 0. The smallest absolute Gasteiger partial charge is 0.122 e. The normalized spacial score (nSPS) is 10.4. The van der Waals surface area contributed by atoms with Gasteiger partial charge in [-0.05, 0) is 46.7 Å². The van der Waals surface area contributed by atoms with Crippen LogP contribution >= 0.6 is 0 Å². The van der Waals surface area contributed by atoms with Crippen molar-refractivity contribution in [3.63, 3.8) is 0 Å². The number of hydrogen-bond donors (Lipinski definition) is 3. The van der Waals surface area contributed by atoms with Crippen LogP contribution in [0.25, 0.3) is 0 Å². The van der Waals surface area contributed by atoms with E-state index in [4.69, 9.17) is 0 Å². The van der Waals surface area contributed by atoms with E-state index >= 15 is 0 Å². The zero-order valence-electron chi connectivity index (χ0n) is 18.8. The Kier molecular flexibility index (Phi) is 77.6. The molecule has 3 N–H and O–H groups in total. The summed E-state index contributed by atoms with van der Waals surface area (Å²) in [6.07, 6.45) is 7.65. The Bertz CT molecular complexity index is 472. The van der Waals surface area contributed by atoms with Gasteiger partial charge in [-0.2, -0.15) is 0 Å². The average molecular weight is 522 g/mol. The Morgan fingerprint density at radius 3 is 1.42 bits per heavy atom. The molecule has 0 spiro atoms. The lowest BCUT2D eigenvalue weighted by Gasteiger charge is -2.22. The fourth-order valence-electron chi connectivity index (χ4n) is 2.74. The molecule has 0 aliphatic carbocycles. The maximum Gasteiger partial charge on any atom is 0.122 e. The molecule has 0 bridgehead atoms. The van der Waals surface area contributed by atoms with Crippen LogP contribution in [0.3, 0.4) is 0 Å². The first-order valence-corrected chi connectivity index (χ1v) is 10.2. The fourth-order valence-corrected chi connectivity index (χ4v) is 2.74. The van der Waals surface area contributed by atoms with E-state index in [1.165, 1.54) is 5.57 Å². The van der Waals surface area contributed by atoms with Gasteiger partial charge in [0.1, 0.15) is 12.6 Å². The Hall–Kier alpha value is -1.72. The zero-order chi connectivity index (χ0) is 21.9. The highest BCUT2D eigenvalue weighted by Gasteiger charge is 2.11. The van der Waals surface area contributed by atoms with Gasteiger partial charge in [-0.25, -0.2) is 0 Å². The van der Waals surface area contributed by atoms with Crippen molar-refractivity contribution in [1.82, 2.24) is 16.0 Å². The lowest BCUT2D eigenvalue weighted by Crippen LogP contribution is -2.33.